The Morgan fingerprint density at radius 1 is 0.968 bits per heavy atom. The average Bonchev–Trinajstić information content (AvgIpc) is 2.79. The van der Waals surface area contributed by atoms with E-state index >= 15 is 0 Å². The molecule has 2 aliphatic heterocycles. The number of benzene rings is 1. The zero-order valence-electron chi connectivity index (χ0n) is 17.0. The van der Waals surface area contributed by atoms with E-state index in [0.717, 1.165) is 25.3 Å². The first kappa shape index (κ1) is 22.0. The van der Waals surface area contributed by atoms with Gasteiger partial charge in [-0.15, -0.1) is 0 Å². The third-order valence-electron chi connectivity index (χ3n) is 5.73. The molecule has 0 atom stereocenters. The monoisotopic (exact) mass is 466 g/mol. The molecule has 1 aromatic heterocycles. The first-order chi connectivity index (χ1) is 14.9. The zero-order valence-corrected chi connectivity index (χ0v) is 18.6. The lowest BCUT2D eigenvalue weighted by atomic mass is 10.1. The standard InChI is InChI=1S/C21H24ClFN4O3S/c22-19-14-16(23)4-6-18(19)21(28)26-12-10-25(11-13-26)20-7-5-17(15-24-20)31(29,30)27-8-2-1-3-9-27/h4-7,14-15H,1-3,8-13H2. The average molecular weight is 467 g/mol. The molecule has 0 unspecified atom stereocenters. The quantitative estimate of drug-likeness (QED) is 0.692. The highest BCUT2D eigenvalue weighted by molar-refractivity contribution is 7.89. The summed E-state index contributed by atoms with van der Waals surface area (Å²) in [6, 6.07) is 7.07. The maximum absolute atomic E-state index is 13.2. The van der Waals surface area contributed by atoms with Crippen LogP contribution in [0.25, 0.3) is 0 Å². The van der Waals surface area contributed by atoms with Crippen LogP contribution in [0.4, 0.5) is 10.2 Å². The van der Waals surface area contributed by atoms with Crippen molar-refractivity contribution in [3.8, 4) is 0 Å². The molecule has 2 saturated heterocycles. The van der Waals surface area contributed by atoms with E-state index in [4.69, 9.17) is 11.6 Å². The highest BCUT2D eigenvalue weighted by Gasteiger charge is 2.27. The molecule has 2 aliphatic rings. The summed E-state index contributed by atoms with van der Waals surface area (Å²) in [5.41, 5.74) is 0.280. The van der Waals surface area contributed by atoms with Crippen molar-refractivity contribution in [1.82, 2.24) is 14.2 Å². The summed E-state index contributed by atoms with van der Waals surface area (Å²) in [6.07, 6.45) is 4.24. The third kappa shape index (κ3) is 4.68. The van der Waals surface area contributed by atoms with Crippen LogP contribution in [-0.2, 0) is 10.0 Å². The van der Waals surface area contributed by atoms with E-state index in [1.807, 2.05) is 4.90 Å². The van der Waals surface area contributed by atoms with Gasteiger partial charge in [0.1, 0.15) is 16.5 Å². The van der Waals surface area contributed by atoms with Gasteiger partial charge in [0.25, 0.3) is 5.91 Å². The predicted octanol–water partition coefficient (Wildman–Crippen LogP) is 3.01. The molecule has 1 amide bonds. The summed E-state index contributed by atoms with van der Waals surface area (Å²) in [7, 11) is -3.51. The minimum atomic E-state index is -3.51. The molecule has 2 aromatic rings. The zero-order chi connectivity index (χ0) is 22.0. The van der Waals surface area contributed by atoms with Crippen LogP contribution in [0.15, 0.2) is 41.4 Å². The second-order valence-electron chi connectivity index (χ2n) is 7.72. The summed E-state index contributed by atoms with van der Waals surface area (Å²) >= 11 is 6.02. The number of amides is 1. The van der Waals surface area contributed by atoms with Gasteiger partial charge < -0.3 is 9.80 Å². The number of piperidine rings is 1. The van der Waals surface area contributed by atoms with E-state index in [1.165, 1.54) is 22.6 Å². The van der Waals surface area contributed by atoms with E-state index in [9.17, 15) is 17.6 Å². The van der Waals surface area contributed by atoms with Gasteiger partial charge in [-0.05, 0) is 43.2 Å². The maximum Gasteiger partial charge on any atom is 0.255 e. The normalized spacial score (nSPS) is 18.3. The van der Waals surface area contributed by atoms with Crippen LogP contribution >= 0.6 is 11.6 Å². The number of nitrogens with zero attached hydrogens (tertiary/aromatic N) is 4. The Kier molecular flexibility index (Phi) is 6.45. The van der Waals surface area contributed by atoms with Crippen LogP contribution < -0.4 is 4.90 Å². The van der Waals surface area contributed by atoms with Gasteiger partial charge in [0.05, 0.1) is 10.6 Å². The number of hydrogen-bond acceptors (Lipinski definition) is 5. The first-order valence-corrected chi connectivity index (χ1v) is 12.1. The van der Waals surface area contributed by atoms with Crippen molar-refractivity contribution in [2.45, 2.75) is 24.2 Å². The largest absolute Gasteiger partial charge is 0.353 e. The van der Waals surface area contributed by atoms with E-state index in [-0.39, 0.29) is 21.4 Å². The minimum absolute atomic E-state index is 0.0969. The molecule has 166 valence electrons. The number of halogens is 2. The molecule has 0 N–H and O–H groups in total. The van der Waals surface area contributed by atoms with Crippen LogP contribution in [0.2, 0.25) is 5.02 Å². The number of carbonyl (C=O) groups excluding carboxylic acids is 1. The fourth-order valence-electron chi connectivity index (χ4n) is 3.94. The molecule has 10 heteroatoms. The van der Waals surface area contributed by atoms with Gasteiger partial charge in [-0.3, -0.25) is 4.79 Å². The van der Waals surface area contributed by atoms with Crippen LogP contribution in [0, 0.1) is 5.82 Å². The Morgan fingerprint density at radius 2 is 1.68 bits per heavy atom. The Hall–Kier alpha value is -2.23. The molecule has 31 heavy (non-hydrogen) atoms. The molecule has 4 rings (SSSR count). The summed E-state index contributed by atoms with van der Waals surface area (Å²) in [4.78, 5) is 20.9. The van der Waals surface area contributed by atoms with E-state index in [2.05, 4.69) is 4.98 Å². The molecule has 0 aliphatic carbocycles. The Bertz CT molecular complexity index is 1050. The van der Waals surface area contributed by atoms with Crippen LogP contribution in [-0.4, -0.2) is 67.8 Å². The Labute approximate surface area is 186 Å². The topological polar surface area (TPSA) is 73.8 Å². The summed E-state index contributed by atoms with van der Waals surface area (Å²) < 4.78 is 40.3. The second-order valence-corrected chi connectivity index (χ2v) is 10.1. The molecule has 0 saturated carbocycles. The van der Waals surface area contributed by atoms with Crippen molar-refractivity contribution in [2.75, 3.05) is 44.2 Å². The Morgan fingerprint density at radius 3 is 2.29 bits per heavy atom. The fraction of sp³-hybridized carbons (Fsp3) is 0.429. The molecule has 0 radical (unpaired) electrons. The number of aromatic nitrogens is 1. The van der Waals surface area contributed by atoms with Gasteiger partial charge in [-0.2, -0.15) is 4.31 Å². The van der Waals surface area contributed by atoms with Crippen LogP contribution in [0.1, 0.15) is 29.6 Å². The smallest absolute Gasteiger partial charge is 0.255 e. The summed E-state index contributed by atoms with van der Waals surface area (Å²) in [5.74, 6) is -0.0479. The Balaban J connectivity index is 1.39. The highest BCUT2D eigenvalue weighted by atomic mass is 35.5. The molecular formula is C21H24ClFN4O3S. The van der Waals surface area contributed by atoms with Crippen molar-refractivity contribution >= 4 is 33.3 Å². The number of piperazine rings is 1. The minimum Gasteiger partial charge on any atom is -0.353 e. The maximum atomic E-state index is 13.2. The first-order valence-electron chi connectivity index (χ1n) is 10.3. The van der Waals surface area contributed by atoms with Gasteiger partial charge in [-0.1, -0.05) is 18.0 Å². The lowest BCUT2D eigenvalue weighted by Crippen LogP contribution is -2.49. The van der Waals surface area contributed by atoms with Gasteiger partial charge in [0.15, 0.2) is 0 Å². The third-order valence-corrected chi connectivity index (χ3v) is 7.92. The van der Waals surface area contributed by atoms with Gasteiger partial charge >= 0.3 is 0 Å². The van der Waals surface area contributed by atoms with Crippen molar-refractivity contribution in [3.63, 3.8) is 0 Å². The number of sulfonamides is 1. The molecule has 2 fully saturated rings. The predicted molar refractivity (Wildman–Crippen MR) is 116 cm³/mol. The SMILES string of the molecule is O=C(c1ccc(F)cc1Cl)N1CCN(c2ccc(S(=O)(=O)N3CCCCC3)cn2)CC1. The number of rotatable bonds is 4. The van der Waals surface area contributed by atoms with E-state index in [0.29, 0.717) is 45.1 Å². The number of carbonyl (C=O) groups is 1. The van der Waals surface area contributed by atoms with Crippen molar-refractivity contribution in [1.29, 1.82) is 0 Å². The van der Waals surface area contributed by atoms with Crippen LogP contribution in [0.5, 0.6) is 0 Å². The molecule has 0 bridgehead atoms. The summed E-state index contributed by atoms with van der Waals surface area (Å²) in [5, 5.41) is 0.0969. The molecule has 7 nitrogen and oxygen atoms in total. The number of anilines is 1. The van der Waals surface area contributed by atoms with Gasteiger partial charge in [0.2, 0.25) is 10.0 Å². The molecule has 1 aromatic carbocycles. The van der Waals surface area contributed by atoms with E-state index < -0.39 is 15.8 Å². The van der Waals surface area contributed by atoms with Crippen LogP contribution in [0.3, 0.4) is 0 Å². The van der Waals surface area contributed by atoms with Crippen molar-refractivity contribution in [3.05, 3.63) is 52.9 Å². The van der Waals surface area contributed by atoms with Gasteiger partial charge in [0, 0.05) is 45.5 Å². The van der Waals surface area contributed by atoms with Crippen molar-refractivity contribution < 1.29 is 17.6 Å². The molecular weight excluding hydrogens is 443 g/mol. The second kappa shape index (κ2) is 9.10. The highest BCUT2D eigenvalue weighted by Crippen LogP contribution is 2.23. The number of pyridine rings is 1. The van der Waals surface area contributed by atoms with E-state index in [1.54, 1.807) is 17.0 Å². The molecule has 0 spiro atoms. The van der Waals surface area contributed by atoms with Crippen molar-refractivity contribution in [2.24, 2.45) is 0 Å². The lowest BCUT2D eigenvalue weighted by Gasteiger charge is -2.35. The number of hydrogen-bond donors (Lipinski definition) is 0. The summed E-state index contributed by atoms with van der Waals surface area (Å²) in [6.45, 7) is 3.13. The lowest BCUT2D eigenvalue weighted by molar-refractivity contribution is 0.0746. The fourth-order valence-corrected chi connectivity index (χ4v) is 5.65. The molecule has 3 heterocycles. The van der Waals surface area contributed by atoms with Gasteiger partial charge in [-0.25, -0.2) is 17.8 Å².